The highest BCUT2D eigenvalue weighted by Crippen LogP contribution is 2.14. The van der Waals surface area contributed by atoms with Gasteiger partial charge in [0.2, 0.25) is 0 Å². The van der Waals surface area contributed by atoms with Crippen LogP contribution in [0, 0.1) is 0 Å². The quantitative estimate of drug-likeness (QED) is 0.774. The van der Waals surface area contributed by atoms with Crippen LogP contribution in [-0.4, -0.2) is 37.9 Å². The van der Waals surface area contributed by atoms with Crippen LogP contribution in [0.25, 0.3) is 0 Å². The van der Waals surface area contributed by atoms with Crippen molar-refractivity contribution in [3.05, 3.63) is 29.8 Å². The molecular weight excluding hydrogens is 310 g/mol. The van der Waals surface area contributed by atoms with Crippen LogP contribution in [-0.2, 0) is 20.7 Å². The molecule has 0 radical (unpaired) electrons. The maximum atomic E-state index is 11.8. The zero-order valence-corrected chi connectivity index (χ0v) is 15.0. The molecule has 0 bridgehead atoms. The molecule has 6 nitrogen and oxygen atoms in total. The van der Waals surface area contributed by atoms with Gasteiger partial charge < -0.3 is 19.5 Å². The lowest BCUT2D eigenvalue weighted by atomic mass is 10.0. The molecule has 1 aromatic carbocycles. The highest BCUT2D eigenvalue weighted by atomic mass is 16.6. The Labute approximate surface area is 143 Å². The average molecular weight is 337 g/mol. The Morgan fingerprint density at radius 3 is 2.25 bits per heavy atom. The Morgan fingerprint density at radius 1 is 1.12 bits per heavy atom. The zero-order valence-electron chi connectivity index (χ0n) is 15.0. The molecule has 134 valence electrons. The summed E-state index contributed by atoms with van der Waals surface area (Å²) in [6.07, 6.45) is 1.36. The van der Waals surface area contributed by atoms with Gasteiger partial charge in [0.1, 0.15) is 17.4 Å². The predicted octanol–water partition coefficient (Wildman–Crippen LogP) is 3.08. The zero-order chi connectivity index (χ0) is 18.2. The lowest BCUT2D eigenvalue weighted by Gasteiger charge is -2.22. The molecule has 1 amide bonds. The van der Waals surface area contributed by atoms with Gasteiger partial charge in [0.15, 0.2) is 0 Å². The number of esters is 1. The van der Waals surface area contributed by atoms with E-state index in [4.69, 9.17) is 14.2 Å². The second-order valence-electron chi connectivity index (χ2n) is 6.46. The number of carbonyl (C=O) groups excluding carboxylic acids is 2. The van der Waals surface area contributed by atoms with Crippen LogP contribution in [0.1, 0.15) is 39.2 Å². The van der Waals surface area contributed by atoms with Gasteiger partial charge in [0, 0.05) is 0 Å². The third-order valence-electron chi connectivity index (χ3n) is 3.29. The van der Waals surface area contributed by atoms with E-state index in [2.05, 4.69) is 5.32 Å². The normalized spacial score (nSPS) is 12.2. The summed E-state index contributed by atoms with van der Waals surface area (Å²) in [6, 6.07) is 7.03. The summed E-state index contributed by atoms with van der Waals surface area (Å²) in [5, 5.41) is 2.57. The van der Waals surface area contributed by atoms with Crippen molar-refractivity contribution in [2.24, 2.45) is 0 Å². The van der Waals surface area contributed by atoms with E-state index >= 15 is 0 Å². The highest BCUT2D eigenvalue weighted by Gasteiger charge is 2.24. The summed E-state index contributed by atoms with van der Waals surface area (Å²) in [4.78, 5) is 23.7. The SMILES string of the molecule is COC(=O)C(CCCc1ccc(OC)cc1)NC(=O)OC(C)(C)C. The van der Waals surface area contributed by atoms with E-state index in [-0.39, 0.29) is 0 Å². The summed E-state index contributed by atoms with van der Waals surface area (Å²) in [5.41, 5.74) is 0.519. The van der Waals surface area contributed by atoms with Crippen molar-refractivity contribution in [3.8, 4) is 5.75 Å². The van der Waals surface area contributed by atoms with Gasteiger partial charge in [-0.2, -0.15) is 0 Å². The Morgan fingerprint density at radius 2 is 1.75 bits per heavy atom. The Kier molecular flexibility index (Phi) is 7.55. The van der Waals surface area contributed by atoms with Crippen LogP contribution in [0.5, 0.6) is 5.75 Å². The van der Waals surface area contributed by atoms with Gasteiger partial charge in [0.05, 0.1) is 14.2 Å². The van der Waals surface area contributed by atoms with Gasteiger partial charge in [-0.15, -0.1) is 0 Å². The van der Waals surface area contributed by atoms with E-state index in [1.165, 1.54) is 7.11 Å². The standard InChI is InChI=1S/C18H27NO5/c1-18(2,3)24-17(21)19-15(16(20)23-5)8-6-7-13-9-11-14(22-4)12-10-13/h9-12,15H,6-8H2,1-5H3,(H,19,21). The second-order valence-corrected chi connectivity index (χ2v) is 6.46. The largest absolute Gasteiger partial charge is 0.497 e. The molecule has 0 aliphatic rings. The van der Waals surface area contributed by atoms with Crippen molar-refractivity contribution in [2.75, 3.05) is 14.2 Å². The van der Waals surface area contributed by atoms with Gasteiger partial charge in [-0.25, -0.2) is 9.59 Å². The molecule has 1 unspecified atom stereocenters. The van der Waals surface area contributed by atoms with Crippen LogP contribution in [0.2, 0.25) is 0 Å². The van der Waals surface area contributed by atoms with E-state index in [0.29, 0.717) is 6.42 Å². The first-order chi connectivity index (χ1) is 11.2. The molecule has 0 aliphatic carbocycles. The van der Waals surface area contributed by atoms with Gasteiger partial charge >= 0.3 is 12.1 Å². The molecule has 0 saturated carbocycles. The fraction of sp³-hybridized carbons (Fsp3) is 0.556. The fourth-order valence-corrected chi connectivity index (χ4v) is 2.14. The van der Waals surface area contributed by atoms with Crippen LogP contribution < -0.4 is 10.1 Å². The number of ether oxygens (including phenoxy) is 3. The maximum absolute atomic E-state index is 11.8. The Balaban J connectivity index is 2.53. The molecule has 24 heavy (non-hydrogen) atoms. The van der Waals surface area contributed by atoms with Crippen molar-refractivity contribution < 1.29 is 23.8 Å². The van der Waals surface area contributed by atoms with E-state index in [1.807, 2.05) is 24.3 Å². The number of amides is 1. The van der Waals surface area contributed by atoms with E-state index < -0.39 is 23.7 Å². The maximum Gasteiger partial charge on any atom is 0.408 e. The first kappa shape index (κ1) is 19.8. The summed E-state index contributed by atoms with van der Waals surface area (Å²) < 4.78 is 15.1. The molecule has 0 saturated heterocycles. The molecule has 0 heterocycles. The molecule has 1 atom stereocenters. The molecule has 0 spiro atoms. The molecular formula is C18H27NO5. The lowest BCUT2D eigenvalue weighted by molar-refractivity contribution is -0.143. The van der Waals surface area contributed by atoms with Crippen molar-refractivity contribution >= 4 is 12.1 Å². The third kappa shape index (κ3) is 7.35. The first-order valence-corrected chi connectivity index (χ1v) is 7.95. The number of rotatable bonds is 7. The monoisotopic (exact) mass is 337 g/mol. The predicted molar refractivity (Wildman–Crippen MR) is 91.1 cm³/mol. The number of alkyl carbamates (subject to hydrolysis) is 1. The van der Waals surface area contributed by atoms with Crippen molar-refractivity contribution in [1.29, 1.82) is 0 Å². The molecule has 0 aromatic heterocycles. The third-order valence-corrected chi connectivity index (χ3v) is 3.29. The first-order valence-electron chi connectivity index (χ1n) is 7.95. The topological polar surface area (TPSA) is 73.9 Å². The van der Waals surface area contributed by atoms with Gasteiger partial charge in [-0.1, -0.05) is 12.1 Å². The smallest absolute Gasteiger partial charge is 0.408 e. The summed E-state index contributed by atoms with van der Waals surface area (Å²) in [5.74, 6) is 0.327. The van der Waals surface area contributed by atoms with Crippen LogP contribution in [0.4, 0.5) is 4.79 Å². The lowest BCUT2D eigenvalue weighted by Crippen LogP contribution is -2.44. The van der Waals surface area contributed by atoms with Gasteiger partial charge in [-0.3, -0.25) is 0 Å². The van der Waals surface area contributed by atoms with E-state index in [9.17, 15) is 9.59 Å². The summed E-state index contributed by atoms with van der Waals surface area (Å²) in [6.45, 7) is 5.30. The number of aryl methyl sites for hydroxylation is 1. The number of carbonyl (C=O) groups is 2. The van der Waals surface area contributed by atoms with E-state index in [0.717, 1.165) is 24.2 Å². The van der Waals surface area contributed by atoms with Gasteiger partial charge in [-0.05, 0) is 57.7 Å². The Hall–Kier alpha value is -2.24. The minimum atomic E-state index is -0.719. The van der Waals surface area contributed by atoms with Crippen LogP contribution in [0.3, 0.4) is 0 Å². The summed E-state index contributed by atoms with van der Waals surface area (Å²) >= 11 is 0. The average Bonchev–Trinajstić information content (AvgIpc) is 2.52. The number of hydrogen-bond donors (Lipinski definition) is 1. The molecule has 0 fully saturated rings. The second kappa shape index (κ2) is 9.15. The minimum Gasteiger partial charge on any atom is -0.497 e. The number of methoxy groups -OCH3 is 2. The molecule has 1 rings (SSSR count). The molecule has 1 aromatic rings. The summed E-state index contributed by atoms with van der Waals surface area (Å²) in [7, 11) is 2.92. The van der Waals surface area contributed by atoms with Crippen molar-refractivity contribution in [2.45, 2.75) is 51.7 Å². The number of benzene rings is 1. The fourth-order valence-electron chi connectivity index (χ4n) is 2.14. The van der Waals surface area contributed by atoms with Crippen molar-refractivity contribution in [3.63, 3.8) is 0 Å². The van der Waals surface area contributed by atoms with Crippen LogP contribution >= 0.6 is 0 Å². The molecule has 6 heteroatoms. The van der Waals surface area contributed by atoms with Crippen molar-refractivity contribution in [1.82, 2.24) is 5.32 Å². The number of hydrogen-bond acceptors (Lipinski definition) is 5. The van der Waals surface area contributed by atoms with E-state index in [1.54, 1.807) is 27.9 Å². The number of nitrogens with one attached hydrogen (secondary N) is 1. The molecule has 0 aliphatic heterocycles. The minimum absolute atomic E-state index is 0.470. The van der Waals surface area contributed by atoms with Gasteiger partial charge in [0.25, 0.3) is 0 Å². The van der Waals surface area contributed by atoms with Crippen LogP contribution in [0.15, 0.2) is 24.3 Å². The Bertz CT molecular complexity index is 533. The molecule has 1 N–H and O–H groups in total. The highest BCUT2D eigenvalue weighted by molar-refractivity contribution is 5.81.